The molecule has 0 aliphatic carbocycles. The van der Waals surface area contributed by atoms with Crippen molar-refractivity contribution in [3.8, 4) is 11.1 Å². The summed E-state index contributed by atoms with van der Waals surface area (Å²) in [6.45, 7) is 7.12. The van der Waals surface area contributed by atoms with Crippen LogP contribution in [0.2, 0.25) is 0 Å². The van der Waals surface area contributed by atoms with Crippen molar-refractivity contribution >= 4 is 15.8 Å². The molecular weight excluding hydrogens is 555 g/mol. The van der Waals surface area contributed by atoms with E-state index in [2.05, 4.69) is 12.1 Å². The van der Waals surface area contributed by atoms with Gasteiger partial charge in [0, 0.05) is 13.1 Å². The smallest absolute Gasteiger partial charge is 0.449 e. The van der Waals surface area contributed by atoms with Gasteiger partial charge in [-0.2, -0.15) is 13.2 Å². The average Bonchev–Trinajstić information content (AvgIpc) is 3.35. The van der Waals surface area contributed by atoms with Crippen molar-refractivity contribution in [2.24, 2.45) is 0 Å². The summed E-state index contributed by atoms with van der Waals surface area (Å²) in [7, 11) is -3.98. The minimum Gasteiger partial charge on any atom is -0.480 e. The molecule has 0 fully saturated rings. The highest BCUT2D eigenvalue weighted by Crippen LogP contribution is 2.31. The van der Waals surface area contributed by atoms with Gasteiger partial charge in [-0.1, -0.05) is 54.1 Å². The van der Waals surface area contributed by atoms with E-state index in [4.69, 9.17) is 9.52 Å². The van der Waals surface area contributed by atoms with Crippen LogP contribution in [0.25, 0.3) is 11.1 Å². The van der Waals surface area contributed by atoms with Gasteiger partial charge in [-0.25, -0.2) is 8.42 Å². The zero-order chi connectivity index (χ0) is 29.9. The molecular formula is C31H30F3NO5S. The maximum atomic E-state index is 13.1. The number of benzene rings is 3. The lowest BCUT2D eigenvalue weighted by molar-refractivity contribution is -0.153. The summed E-state index contributed by atoms with van der Waals surface area (Å²) < 4.78 is 69.3. The lowest BCUT2D eigenvalue weighted by atomic mass is 9.99. The Morgan fingerprint density at radius 3 is 2.10 bits per heavy atom. The van der Waals surface area contributed by atoms with Gasteiger partial charge in [0.2, 0.25) is 5.76 Å². The number of carboxylic acid groups (broad SMARTS) is 1. The van der Waals surface area contributed by atoms with Crippen molar-refractivity contribution in [2.75, 3.05) is 5.75 Å². The molecule has 4 rings (SSSR count). The van der Waals surface area contributed by atoms with Crippen molar-refractivity contribution in [3.63, 3.8) is 0 Å². The molecule has 0 saturated carbocycles. The number of aryl methyl sites for hydroxylation is 3. The van der Waals surface area contributed by atoms with E-state index in [0.717, 1.165) is 39.4 Å². The first-order valence-corrected chi connectivity index (χ1v) is 14.5. The van der Waals surface area contributed by atoms with Gasteiger partial charge >= 0.3 is 12.1 Å². The molecule has 1 aromatic heterocycles. The minimum absolute atomic E-state index is 0.0758. The standard InChI is InChI=1S/C31H30F3NO5S/c1-20-13-21(2)28(22(3)14-20)18-35(17-26-11-12-29(40-26)31(32,33)34)16-23-7-9-24(10-8-23)25-5-4-6-27(15-25)41(38,39)19-30(36)37/h4-15H,16-19H2,1-3H3,(H,36,37). The van der Waals surface area contributed by atoms with Crippen LogP contribution < -0.4 is 0 Å². The van der Waals surface area contributed by atoms with Crippen LogP contribution in [0.5, 0.6) is 0 Å². The van der Waals surface area contributed by atoms with E-state index in [-0.39, 0.29) is 17.2 Å². The van der Waals surface area contributed by atoms with Gasteiger partial charge in [-0.3, -0.25) is 9.69 Å². The molecule has 1 N–H and O–H groups in total. The normalized spacial score (nSPS) is 12.2. The van der Waals surface area contributed by atoms with Crippen molar-refractivity contribution < 1.29 is 35.9 Å². The fourth-order valence-electron chi connectivity index (χ4n) is 4.86. The Labute approximate surface area is 237 Å². The van der Waals surface area contributed by atoms with Crippen LogP contribution in [-0.2, 0) is 40.4 Å². The highest BCUT2D eigenvalue weighted by atomic mass is 32.2. The Morgan fingerprint density at radius 2 is 1.51 bits per heavy atom. The molecule has 0 bridgehead atoms. The highest BCUT2D eigenvalue weighted by molar-refractivity contribution is 7.92. The summed E-state index contributed by atoms with van der Waals surface area (Å²) in [6.07, 6.45) is -4.56. The lowest BCUT2D eigenvalue weighted by Crippen LogP contribution is -2.23. The van der Waals surface area contributed by atoms with Crippen LogP contribution in [-0.4, -0.2) is 30.1 Å². The molecule has 0 saturated heterocycles. The van der Waals surface area contributed by atoms with E-state index in [0.29, 0.717) is 18.7 Å². The second kappa shape index (κ2) is 11.9. The third-order valence-electron chi connectivity index (χ3n) is 6.74. The van der Waals surface area contributed by atoms with E-state index >= 15 is 0 Å². The first-order valence-electron chi connectivity index (χ1n) is 12.8. The first-order chi connectivity index (χ1) is 19.2. The number of nitrogens with zero attached hydrogens (tertiary/aromatic N) is 1. The molecule has 216 valence electrons. The van der Waals surface area contributed by atoms with Gasteiger partial charge < -0.3 is 9.52 Å². The second-order valence-electron chi connectivity index (χ2n) is 10.2. The van der Waals surface area contributed by atoms with E-state index in [1.165, 1.54) is 18.2 Å². The zero-order valence-electron chi connectivity index (χ0n) is 22.8. The number of carbonyl (C=O) groups is 1. The lowest BCUT2D eigenvalue weighted by Gasteiger charge is -2.24. The molecule has 0 atom stereocenters. The fourth-order valence-corrected chi connectivity index (χ4v) is 5.95. The van der Waals surface area contributed by atoms with Gasteiger partial charge in [0.15, 0.2) is 15.6 Å². The molecule has 0 aliphatic heterocycles. The monoisotopic (exact) mass is 585 g/mol. The second-order valence-corrected chi connectivity index (χ2v) is 12.2. The van der Waals surface area contributed by atoms with E-state index < -0.39 is 33.5 Å². The summed E-state index contributed by atoms with van der Waals surface area (Å²) in [5.74, 6) is -3.25. The van der Waals surface area contributed by atoms with Crippen molar-refractivity contribution in [3.05, 3.63) is 112 Å². The Balaban J connectivity index is 1.59. The number of rotatable bonds is 10. The van der Waals surface area contributed by atoms with Gasteiger partial charge in [0.1, 0.15) is 5.76 Å². The van der Waals surface area contributed by atoms with Gasteiger partial charge in [0.25, 0.3) is 0 Å². The zero-order valence-corrected chi connectivity index (χ0v) is 23.6. The van der Waals surface area contributed by atoms with Crippen LogP contribution in [0, 0.1) is 20.8 Å². The molecule has 10 heteroatoms. The molecule has 0 spiro atoms. The predicted molar refractivity (Wildman–Crippen MR) is 149 cm³/mol. The van der Waals surface area contributed by atoms with Crippen molar-refractivity contribution in [2.45, 2.75) is 51.5 Å². The van der Waals surface area contributed by atoms with Crippen LogP contribution in [0.3, 0.4) is 0 Å². The number of sulfone groups is 1. The maximum Gasteiger partial charge on any atom is 0.449 e. The molecule has 0 unspecified atom stereocenters. The third kappa shape index (κ3) is 7.65. The van der Waals surface area contributed by atoms with E-state index in [1.807, 2.05) is 49.9 Å². The number of alkyl halides is 3. The number of aliphatic carboxylic acids is 1. The molecule has 1 heterocycles. The number of hydrogen-bond donors (Lipinski definition) is 1. The Hall–Kier alpha value is -3.89. The van der Waals surface area contributed by atoms with Crippen LogP contribution in [0.15, 0.2) is 82.1 Å². The van der Waals surface area contributed by atoms with Crippen LogP contribution in [0.4, 0.5) is 13.2 Å². The Morgan fingerprint density at radius 1 is 0.854 bits per heavy atom. The van der Waals surface area contributed by atoms with Crippen LogP contribution >= 0.6 is 0 Å². The topological polar surface area (TPSA) is 87.8 Å². The van der Waals surface area contributed by atoms with Gasteiger partial charge in [0.05, 0.1) is 11.4 Å². The predicted octanol–water partition coefficient (Wildman–Crippen LogP) is 6.95. The molecule has 0 aliphatic rings. The largest absolute Gasteiger partial charge is 0.480 e. The van der Waals surface area contributed by atoms with E-state index in [9.17, 15) is 26.4 Å². The Kier molecular flexibility index (Phi) is 8.74. The van der Waals surface area contributed by atoms with E-state index in [1.54, 1.807) is 12.1 Å². The SMILES string of the molecule is Cc1cc(C)c(CN(Cc2ccc(-c3cccc(S(=O)(=O)CC(=O)O)c3)cc2)Cc2ccc(C(F)(F)F)o2)c(C)c1. The number of hydrogen-bond acceptors (Lipinski definition) is 5. The summed E-state index contributed by atoms with van der Waals surface area (Å²) in [4.78, 5) is 12.9. The minimum atomic E-state index is -4.56. The molecule has 0 amide bonds. The fraction of sp³-hybridized carbons (Fsp3) is 0.258. The van der Waals surface area contributed by atoms with Crippen molar-refractivity contribution in [1.82, 2.24) is 4.90 Å². The summed E-state index contributed by atoms with van der Waals surface area (Å²) in [6, 6.07) is 19.9. The quantitative estimate of drug-likeness (QED) is 0.217. The molecule has 0 radical (unpaired) electrons. The first kappa shape index (κ1) is 30.1. The average molecular weight is 586 g/mol. The van der Waals surface area contributed by atoms with Gasteiger partial charge in [-0.05, 0) is 78.4 Å². The maximum absolute atomic E-state index is 13.1. The summed E-state index contributed by atoms with van der Waals surface area (Å²) in [5.41, 5.74) is 6.65. The molecule has 3 aromatic carbocycles. The number of halogens is 3. The summed E-state index contributed by atoms with van der Waals surface area (Å²) in [5, 5.41) is 8.93. The van der Waals surface area contributed by atoms with Crippen LogP contribution in [0.1, 0.15) is 39.3 Å². The number of furan rings is 1. The van der Waals surface area contributed by atoms with Gasteiger partial charge in [-0.15, -0.1) is 0 Å². The molecule has 6 nitrogen and oxygen atoms in total. The Bertz CT molecular complexity index is 1630. The summed E-state index contributed by atoms with van der Waals surface area (Å²) >= 11 is 0. The molecule has 4 aromatic rings. The molecule has 41 heavy (non-hydrogen) atoms. The number of carboxylic acids is 1. The highest BCUT2D eigenvalue weighted by Gasteiger charge is 2.35. The third-order valence-corrected chi connectivity index (χ3v) is 8.34. The van der Waals surface area contributed by atoms with Crippen molar-refractivity contribution in [1.29, 1.82) is 0 Å².